The van der Waals surface area contributed by atoms with Crippen LogP contribution in [0, 0.1) is 0 Å². The molecule has 0 aliphatic carbocycles. The summed E-state index contributed by atoms with van der Waals surface area (Å²) >= 11 is 0. The first-order valence-electron chi connectivity index (χ1n) is 14.7. The summed E-state index contributed by atoms with van der Waals surface area (Å²) in [6.07, 6.45) is 0. The van der Waals surface area contributed by atoms with Gasteiger partial charge in [-0.05, 0) is 40.9 Å². The van der Waals surface area contributed by atoms with Crippen molar-refractivity contribution in [2.45, 2.75) is 39.0 Å². The van der Waals surface area contributed by atoms with Gasteiger partial charge in [-0.1, -0.05) is 163 Å². The van der Waals surface area contributed by atoms with Crippen LogP contribution in [0.25, 0.3) is 5.70 Å². The number of hydrogen-bond donors (Lipinski definition) is 1. The van der Waals surface area contributed by atoms with Crippen molar-refractivity contribution in [2.24, 2.45) is 4.74 Å². The fourth-order valence-corrected chi connectivity index (χ4v) is 11.4. The molecule has 0 saturated heterocycles. The molecule has 42 heavy (non-hydrogen) atoms. The number of nitrogens with zero attached hydrogens (tertiary/aromatic N) is 1. The molecule has 4 heteroatoms. The number of anilines is 1. The van der Waals surface area contributed by atoms with Crippen molar-refractivity contribution in [3.8, 4) is 0 Å². The molecule has 0 saturated carbocycles. The van der Waals surface area contributed by atoms with Crippen molar-refractivity contribution < 1.29 is 0 Å². The summed E-state index contributed by atoms with van der Waals surface area (Å²) < 4.78 is 5.71. The molecule has 0 aromatic heterocycles. The standard InChI is InChI=1S/C38H40N2P2/c1-30(2)41(31(3)4)29-37(32-19-9-5-10-20-32)39-36-27-17-18-28-38(36)42(34-23-13-7-14-24-34,35-25-15-8-16-26-35)40-33-21-11-6-12-22-33/h5-31,39H,1-4H3/b37-29-. The van der Waals surface area contributed by atoms with Crippen LogP contribution < -0.4 is 21.2 Å². The molecule has 0 unspecified atom stereocenters. The molecule has 0 amide bonds. The molecule has 0 atom stereocenters. The molecule has 5 aromatic rings. The van der Waals surface area contributed by atoms with Crippen molar-refractivity contribution in [2.75, 3.05) is 5.32 Å². The second-order valence-electron chi connectivity index (χ2n) is 10.9. The molecule has 0 radical (unpaired) electrons. The van der Waals surface area contributed by atoms with Gasteiger partial charge in [-0.15, -0.1) is 0 Å². The molecule has 0 spiro atoms. The fraction of sp³-hybridized carbons (Fsp3) is 0.158. The van der Waals surface area contributed by atoms with Crippen molar-refractivity contribution in [1.29, 1.82) is 0 Å². The molecule has 5 aromatic carbocycles. The molecule has 1 N–H and O–H groups in total. The lowest BCUT2D eigenvalue weighted by Gasteiger charge is -2.30. The minimum absolute atomic E-state index is 0.342. The first-order valence-corrected chi connectivity index (χ1v) is 18.0. The number of rotatable bonds is 10. The van der Waals surface area contributed by atoms with E-state index in [9.17, 15) is 0 Å². The zero-order valence-corrected chi connectivity index (χ0v) is 26.7. The maximum Gasteiger partial charge on any atom is 0.0632 e. The predicted octanol–water partition coefficient (Wildman–Crippen LogP) is 10.2. The smallest absolute Gasteiger partial charge is 0.0632 e. The average Bonchev–Trinajstić information content (AvgIpc) is 3.03. The molecule has 0 aliphatic heterocycles. The van der Waals surface area contributed by atoms with Crippen LogP contribution in [0.15, 0.2) is 156 Å². The van der Waals surface area contributed by atoms with Gasteiger partial charge in [-0.2, -0.15) is 0 Å². The SMILES string of the molecule is CC(C)P(/C=C(\Nc1ccccc1P(=Nc1ccccc1)(c1ccccc1)c1ccccc1)c1ccccc1)C(C)C. The van der Waals surface area contributed by atoms with Crippen molar-refractivity contribution in [3.05, 3.63) is 157 Å². The second kappa shape index (κ2) is 14.0. The monoisotopic (exact) mass is 586 g/mol. The van der Waals surface area contributed by atoms with E-state index in [-0.39, 0.29) is 7.92 Å². The highest BCUT2D eigenvalue weighted by molar-refractivity contribution is 7.87. The fourth-order valence-electron chi connectivity index (χ4n) is 5.40. The number of benzene rings is 5. The lowest BCUT2D eigenvalue weighted by Crippen LogP contribution is -2.27. The molecular weight excluding hydrogens is 546 g/mol. The molecule has 2 nitrogen and oxygen atoms in total. The van der Waals surface area contributed by atoms with E-state index in [1.54, 1.807) is 0 Å². The Kier molecular flexibility index (Phi) is 9.91. The second-order valence-corrected chi connectivity index (χ2v) is 17.1. The van der Waals surface area contributed by atoms with Crippen LogP contribution in [0.4, 0.5) is 11.4 Å². The van der Waals surface area contributed by atoms with Crippen LogP contribution in [0.3, 0.4) is 0 Å². The van der Waals surface area contributed by atoms with Crippen molar-refractivity contribution in [1.82, 2.24) is 0 Å². The van der Waals surface area contributed by atoms with Crippen LogP contribution in [0.2, 0.25) is 0 Å². The summed E-state index contributed by atoms with van der Waals surface area (Å²) in [7, 11) is -2.83. The highest BCUT2D eigenvalue weighted by atomic mass is 31.2. The summed E-state index contributed by atoms with van der Waals surface area (Å²) in [5, 5.41) is 7.65. The zero-order chi connectivity index (χ0) is 29.4. The van der Waals surface area contributed by atoms with Gasteiger partial charge in [0.1, 0.15) is 0 Å². The molecule has 212 valence electrons. The number of hydrogen-bond acceptors (Lipinski definition) is 2. The third-order valence-corrected chi connectivity index (χ3v) is 14.0. The van der Waals surface area contributed by atoms with Gasteiger partial charge in [-0.25, -0.2) is 0 Å². The van der Waals surface area contributed by atoms with Gasteiger partial charge in [0.25, 0.3) is 0 Å². The van der Waals surface area contributed by atoms with Gasteiger partial charge in [-0.3, -0.25) is 4.74 Å². The van der Waals surface area contributed by atoms with Gasteiger partial charge in [0.15, 0.2) is 0 Å². The highest BCUT2D eigenvalue weighted by Gasteiger charge is 2.30. The van der Waals surface area contributed by atoms with Gasteiger partial charge < -0.3 is 5.32 Å². The molecular formula is C38H40N2P2. The summed E-state index contributed by atoms with van der Waals surface area (Å²) in [4.78, 5) is 0. The summed E-state index contributed by atoms with van der Waals surface area (Å²) in [5.41, 5.74) is 5.61. The quantitative estimate of drug-likeness (QED) is 0.162. The Balaban J connectivity index is 1.80. The van der Waals surface area contributed by atoms with Crippen LogP contribution in [-0.2, 0) is 0 Å². The summed E-state index contributed by atoms with van der Waals surface area (Å²) in [6.45, 7) is 9.38. The molecule has 0 heterocycles. The summed E-state index contributed by atoms with van der Waals surface area (Å²) in [5.74, 6) is 2.51. The molecule has 0 fully saturated rings. The zero-order valence-electron chi connectivity index (χ0n) is 24.9. The third kappa shape index (κ3) is 6.68. The Morgan fingerprint density at radius 1 is 0.595 bits per heavy atom. The normalized spacial score (nSPS) is 12.1. The van der Waals surface area contributed by atoms with E-state index in [0.29, 0.717) is 11.3 Å². The van der Waals surface area contributed by atoms with Crippen LogP contribution in [0.5, 0.6) is 0 Å². The van der Waals surface area contributed by atoms with E-state index in [0.717, 1.165) is 17.1 Å². The Labute approximate surface area is 253 Å². The van der Waals surface area contributed by atoms with Crippen molar-refractivity contribution in [3.63, 3.8) is 0 Å². The van der Waals surface area contributed by atoms with Gasteiger partial charge >= 0.3 is 0 Å². The summed E-state index contributed by atoms with van der Waals surface area (Å²) in [6, 6.07) is 51.7. The van der Waals surface area contributed by atoms with Gasteiger partial charge in [0.05, 0.1) is 12.7 Å². The van der Waals surface area contributed by atoms with Crippen LogP contribution in [-0.4, -0.2) is 11.3 Å². The third-order valence-electron chi connectivity index (χ3n) is 7.36. The Hall–Kier alpha value is -3.70. The number of nitrogens with one attached hydrogen (secondary N) is 1. The highest BCUT2D eigenvalue weighted by Crippen LogP contribution is 2.52. The maximum atomic E-state index is 5.71. The predicted molar refractivity (Wildman–Crippen MR) is 189 cm³/mol. The topological polar surface area (TPSA) is 24.4 Å². The molecule has 5 rings (SSSR count). The average molecular weight is 587 g/mol. The van der Waals surface area contributed by atoms with E-state index in [2.05, 4.69) is 184 Å². The van der Waals surface area contributed by atoms with E-state index in [1.165, 1.54) is 21.5 Å². The lowest BCUT2D eigenvalue weighted by atomic mass is 10.1. The first-order chi connectivity index (χ1) is 20.5. The van der Waals surface area contributed by atoms with E-state index >= 15 is 0 Å². The lowest BCUT2D eigenvalue weighted by molar-refractivity contribution is 1.02. The van der Waals surface area contributed by atoms with E-state index in [1.807, 2.05) is 0 Å². The first kappa shape index (κ1) is 29.8. The maximum absolute atomic E-state index is 5.71. The van der Waals surface area contributed by atoms with Crippen LogP contribution in [0.1, 0.15) is 33.3 Å². The van der Waals surface area contributed by atoms with Gasteiger partial charge in [0.2, 0.25) is 0 Å². The van der Waals surface area contributed by atoms with Crippen molar-refractivity contribution >= 4 is 48.0 Å². The molecule has 0 bridgehead atoms. The molecule has 0 aliphatic rings. The Morgan fingerprint density at radius 3 is 1.57 bits per heavy atom. The van der Waals surface area contributed by atoms with E-state index in [4.69, 9.17) is 4.74 Å². The minimum atomic E-state index is -2.49. The Morgan fingerprint density at radius 2 is 1.05 bits per heavy atom. The number of para-hydroxylation sites is 1. The largest absolute Gasteiger partial charge is 0.354 e. The Bertz CT molecular complexity index is 1590. The minimum Gasteiger partial charge on any atom is -0.354 e. The van der Waals surface area contributed by atoms with E-state index < -0.39 is 7.05 Å². The van der Waals surface area contributed by atoms with Crippen LogP contribution >= 0.6 is 15.0 Å². The van der Waals surface area contributed by atoms with Gasteiger partial charge in [0, 0.05) is 27.3 Å².